The molecule has 1 nitrogen and oxygen atoms in total. The van der Waals surface area contributed by atoms with E-state index in [0.29, 0.717) is 5.92 Å². The Labute approximate surface area is 118 Å². The fourth-order valence-electron chi connectivity index (χ4n) is 2.85. The van der Waals surface area contributed by atoms with Gasteiger partial charge in [-0.25, -0.2) is 0 Å². The Bertz CT molecular complexity index is 776. The van der Waals surface area contributed by atoms with Crippen molar-refractivity contribution < 1.29 is 4.79 Å². The number of carbonyl (C=O) groups is 1. The molecule has 0 saturated carbocycles. The Hall–Kier alpha value is -2.41. The number of benzene rings is 2. The predicted molar refractivity (Wildman–Crippen MR) is 81.4 cm³/mol. The molecule has 0 aromatic heterocycles. The van der Waals surface area contributed by atoms with E-state index in [-0.39, 0.29) is 5.78 Å². The van der Waals surface area contributed by atoms with Gasteiger partial charge in [0.15, 0.2) is 5.78 Å². The van der Waals surface area contributed by atoms with Crippen molar-refractivity contribution in [1.29, 1.82) is 0 Å². The normalized spacial score (nSPS) is 19.4. The van der Waals surface area contributed by atoms with E-state index in [0.717, 1.165) is 22.3 Å². The zero-order valence-corrected chi connectivity index (χ0v) is 11.3. The summed E-state index contributed by atoms with van der Waals surface area (Å²) >= 11 is 0. The summed E-state index contributed by atoms with van der Waals surface area (Å²) in [7, 11) is 0. The van der Waals surface area contributed by atoms with Crippen LogP contribution in [0.2, 0.25) is 0 Å². The lowest BCUT2D eigenvalue weighted by Crippen LogP contribution is -2.04. The lowest BCUT2D eigenvalue weighted by atomic mass is 9.94. The predicted octanol–water partition coefficient (Wildman–Crippen LogP) is 4.29. The molecule has 20 heavy (non-hydrogen) atoms. The average molecular weight is 258 g/mol. The molecule has 2 aliphatic rings. The topological polar surface area (TPSA) is 17.1 Å². The molecule has 1 atom stereocenters. The summed E-state index contributed by atoms with van der Waals surface area (Å²) in [5, 5.41) is 0. The summed E-state index contributed by atoms with van der Waals surface area (Å²) in [5.41, 5.74) is 6.26. The van der Waals surface area contributed by atoms with Gasteiger partial charge in [-0.15, -0.1) is 0 Å². The summed E-state index contributed by atoms with van der Waals surface area (Å²) in [6, 6.07) is 16.1. The van der Waals surface area contributed by atoms with Crippen molar-refractivity contribution in [2.24, 2.45) is 5.92 Å². The van der Waals surface area contributed by atoms with Crippen molar-refractivity contribution >= 4 is 16.9 Å². The average Bonchev–Trinajstić information content (AvgIpc) is 3.24. The number of carbonyl (C=O) groups excluding carboxylic acids is 1. The lowest BCUT2D eigenvalue weighted by Gasteiger charge is -2.08. The molecular formula is C19H14O. The number of rotatable bonds is 1. The van der Waals surface area contributed by atoms with Crippen LogP contribution in [0.25, 0.3) is 11.1 Å². The minimum atomic E-state index is 0.137. The first-order valence-corrected chi connectivity index (χ1v) is 6.89. The number of Topliss-reactive ketones (excluding diaryl/α,β-unsaturated/α-hetero) is 1. The molecule has 0 amide bonds. The first-order valence-electron chi connectivity index (χ1n) is 6.89. The molecular weight excluding hydrogens is 244 g/mol. The van der Waals surface area contributed by atoms with Crippen LogP contribution in [0.15, 0.2) is 60.7 Å². The van der Waals surface area contributed by atoms with E-state index in [1.807, 2.05) is 36.4 Å². The number of hydrogen-bond acceptors (Lipinski definition) is 1. The molecule has 0 fully saturated rings. The van der Waals surface area contributed by atoms with E-state index in [9.17, 15) is 4.79 Å². The van der Waals surface area contributed by atoms with Crippen LogP contribution in [0.1, 0.15) is 27.0 Å². The minimum absolute atomic E-state index is 0.137. The van der Waals surface area contributed by atoms with Crippen LogP contribution < -0.4 is 0 Å². The summed E-state index contributed by atoms with van der Waals surface area (Å²) in [6.45, 7) is 2.06. The molecule has 0 heterocycles. The van der Waals surface area contributed by atoms with Gasteiger partial charge in [0.05, 0.1) is 0 Å². The molecule has 0 radical (unpaired) electrons. The number of allylic oxidation sites excluding steroid dienone is 4. The first-order chi connectivity index (χ1) is 9.74. The van der Waals surface area contributed by atoms with Gasteiger partial charge < -0.3 is 0 Å². The maximum absolute atomic E-state index is 12.8. The maximum atomic E-state index is 12.8. The van der Waals surface area contributed by atoms with Gasteiger partial charge >= 0.3 is 0 Å². The van der Waals surface area contributed by atoms with Crippen LogP contribution in [0.4, 0.5) is 0 Å². The number of aryl methyl sites for hydroxylation is 1. The van der Waals surface area contributed by atoms with E-state index in [1.54, 1.807) is 0 Å². The molecule has 0 bridgehead atoms. The second-order valence-electron chi connectivity index (χ2n) is 5.47. The van der Waals surface area contributed by atoms with Crippen LogP contribution in [0.3, 0.4) is 0 Å². The highest BCUT2D eigenvalue weighted by Crippen LogP contribution is 2.45. The van der Waals surface area contributed by atoms with Gasteiger partial charge in [-0.05, 0) is 23.6 Å². The van der Waals surface area contributed by atoms with Gasteiger partial charge in [0.2, 0.25) is 0 Å². The zero-order valence-electron chi connectivity index (χ0n) is 11.3. The van der Waals surface area contributed by atoms with Gasteiger partial charge in [0.25, 0.3) is 0 Å². The highest BCUT2D eigenvalue weighted by molar-refractivity contribution is 6.31. The summed E-state index contributed by atoms with van der Waals surface area (Å²) in [4.78, 5) is 12.8. The van der Waals surface area contributed by atoms with E-state index in [1.165, 1.54) is 11.1 Å². The fraction of sp³-hybridized carbons (Fsp3) is 0.105. The highest BCUT2D eigenvalue weighted by atomic mass is 16.1. The van der Waals surface area contributed by atoms with Crippen LogP contribution in [-0.2, 0) is 0 Å². The largest absolute Gasteiger partial charge is 0.289 e. The first kappa shape index (κ1) is 11.4. The molecule has 2 aliphatic carbocycles. The maximum Gasteiger partial charge on any atom is 0.193 e. The van der Waals surface area contributed by atoms with Crippen molar-refractivity contribution in [2.45, 2.75) is 6.92 Å². The Morgan fingerprint density at radius 1 is 0.850 bits per heavy atom. The zero-order chi connectivity index (χ0) is 13.7. The van der Waals surface area contributed by atoms with Crippen LogP contribution in [0, 0.1) is 12.8 Å². The van der Waals surface area contributed by atoms with Crippen molar-refractivity contribution in [3.05, 3.63) is 82.9 Å². The summed E-state index contributed by atoms with van der Waals surface area (Å²) in [6.07, 6.45) is 4.32. The summed E-state index contributed by atoms with van der Waals surface area (Å²) in [5.74, 6) is 0.469. The molecule has 0 N–H and O–H groups in total. The second-order valence-corrected chi connectivity index (χ2v) is 5.47. The number of ketones is 1. The Morgan fingerprint density at radius 3 is 2.30 bits per heavy atom. The fourth-order valence-corrected chi connectivity index (χ4v) is 2.85. The third kappa shape index (κ3) is 1.67. The SMILES string of the molecule is Cc1ccc(C2=CC3C=C3c3ccccc3C2=O)cc1. The van der Waals surface area contributed by atoms with Crippen LogP contribution in [0.5, 0.6) is 0 Å². The van der Waals surface area contributed by atoms with E-state index >= 15 is 0 Å². The third-order valence-electron chi connectivity index (χ3n) is 4.05. The Balaban J connectivity index is 1.87. The van der Waals surface area contributed by atoms with E-state index < -0.39 is 0 Å². The highest BCUT2D eigenvalue weighted by Gasteiger charge is 2.33. The Kier molecular flexibility index (Phi) is 2.31. The number of fused-ring (bicyclic) bond motifs is 3. The lowest BCUT2D eigenvalue weighted by molar-refractivity contribution is 0.105. The Morgan fingerprint density at radius 2 is 1.55 bits per heavy atom. The molecule has 1 heteroatoms. The molecule has 1 unspecified atom stereocenters. The molecule has 0 saturated heterocycles. The van der Waals surface area contributed by atoms with Crippen molar-refractivity contribution in [1.82, 2.24) is 0 Å². The quantitative estimate of drug-likeness (QED) is 0.745. The summed E-state index contributed by atoms with van der Waals surface area (Å²) < 4.78 is 0. The van der Waals surface area contributed by atoms with Crippen molar-refractivity contribution in [3.8, 4) is 0 Å². The standard InChI is InChI=1S/C19H14O/c1-12-6-8-13(9-7-12)18-11-14-10-17(14)15-4-2-3-5-16(15)19(18)20/h2-11,14H,1H3. The van der Waals surface area contributed by atoms with Crippen molar-refractivity contribution in [3.63, 3.8) is 0 Å². The molecule has 0 spiro atoms. The molecule has 2 aromatic rings. The van der Waals surface area contributed by atoms with Gasteiger partial charge in [0.1, 0.15) is 0 Å². The molecule has 96 valence electrons. The van der Waals surface area contributed by atoms with Gasteiger partial charge in [0, 0.05) is 17.1 Å². The van der Waals surface area contributed by atoms with Gasteiger partial charge in [-0.1, -0.05) is 66.2 Å². The third-order valence-corrected chi connectivity index (χ3v) is 4.05. The van der Waals surface area contributed by atoms with Crippen molar-refractivity contribution in [2.75, 3.05) is 0 Å². The smallest absolute Gasteiger partial charge is 0.193 e. The number of hydrogen-bond donors (Lipinski definition) is 0. The van der Waals surface area contributed by atoms with Crippen LogP contribution >= 0.6 is 0 Å². The monoisotopic (exact) mass is 258 g/mol. The van der Waals surface area contributed by atoms with Gasteiger partial charge in [-0.2, -0.15) is 0 Å². The van der Waals surface area contributed by atoms with Crippen LogP contribution in [-0.4, -0.2) is 5.78 Å². The molecule has 4 rings (SSSR count). The van der Waals surface area contributed by atoms with Gasteiger partial charge in [-0.3, -0.25) is 4.79 Å². The van der Waals surface area contributed by atoms with E-state index in [4.69, 9.17) is 0 Å². The van der Waals surface area contributed by atoms with E-state index in [2.05, 4.69) is 31.2 Å². The minimum Gasteiger partial charge on any atom is -0.289 e. The molecule has 2 aromatic carbocycles. The second kappa shape index (κ2) is 4.04. The molecule has 0 aliphatic heterocycles.